The van der Waals surface area contributed by atoms with Crippen molar-refractivity contribution in [1.82, 2.24) is 9.55 Å². The summed E-state index contributed by atoms with van der Waals surface area (Å²) < 4.78 is 2.47. The molecule has 3 unspecified atom stereocenters. The standard InChI is InChI=1S/C40H26N2/c1-2-13-26(14-3-1)42-37-21-11-7-16-28(37)31-23-30-27-15-5-8-18-32(27)40(34(30)24-38(31)42)33-19-9-6-17-29(33)39-35(40)22-25-12-4-10-20-36(25)41-39/h1-24,30,34H. The van der Waals surface area contributed by atoms with Gasteiger partial charge in [0.2, 0.25) is 0 Å². The molecular formula is C40H26N2. The van der Waals surface area contributed by atoms with Crippen molar-refractivity contribution in [3.05, 3.63) is 166 Å². The van der Waals surface area contributed by atoms with Crippen LogP contribution in [0.25, 0.3) is 50.9 Å². The van der Waals surface area contributed by atoms with Crippen molar-refractivity contribution in [2.24, 2.45) is 5.92 Å². The molecule has 3 aliphatic carbocycles. The van der Waals surface area contributed by atoms with Crippen molar-refractivity contribution in [1.29, 1.82) is 0 Å². The number of aromatic nitrogens is 2. The van der Waals surface area contributed by atoms with Crippen molar-refractivity contribution in [2.45, 2.75) is 11.3 Å². The number of nitrogens with zero attached hydrogens (tertiary/aromatic N) is 2. The second-order valence-electron chi connectivity index (χ2n) is 11.9. The molecule has 2 heteroatoms. The first kappa shape index (κ1) is 22.5. The van der Waals surface area contributed by atoms with Gasteiger partial charge in [-0.1, -0.05) is 115 Å². The Morgan fingerprint density at radius 2 is 1.36 bits per heavy atom. The van der Waals surface area contributed by atoms with Crippen molar-refractivity contribution < 1.29 is 0 Å². The molecular weight excluding hydrogens is 508 g/mol. The zero-order valence-corrected chi connectivity index (χ0v) is 22.9. The van der Waals surface area contributed by atoms with Gasteiger partial charge in [-0.2, -0.15) is 0 Å². The van der Waals surface area contributed by atoms with E-state index in [9.17, 15) is 0 Å². The maximum absolute atomic E-state index is 5.34. The maximum atomic E-state index is 5.34. The van der Waals surface area contributed by atoms with Gasteiger partial charge < -0.3 is 4.57 Å². The molecule has 3 aliphatic rings. The van der Waals surface area contributed by atoms with Crippen LogP contribution in [-0.4, -0.2) is 9.55 Å². The Bertz CT molecular complexity index is 2380. The Hall–Kier alpha value is -5.21. The lowest BCUT2D eigenvalue weighted by Crippen LogP contribution is -2.40. The molecule has 2 nitrogen and oxygen atoms in total. The molecule has 7 aromatic rings. The highest BCUT2D eigenvalue weighted by atomic mass is 15.0. The Balaban J connectivity index is 1.38. The molecule has 0 aliphatic heterocycles. The van der Waals surface area contributed by atoms with Gasteiger partial charge in [-0.05, 0) is 52.6 Å². The summed E-state index contributed by atoms with van der Waals surface area (Å²) in [7, 11) is 0. The van der Waals surface area contributed by atoms with Crippen LogP contribution in [0.4, 0.5) is 0 Å². The third kappa shape index (κ3) is 2.63. The molecule has 0 saturated carbocycles. The summed E-state index contributed by atoms with van der Waals surface area (Å²) in [5, 5.41) is 5.13. The van der Waals surface area contributed by atoms with E-state index in [-0.39, 0.29) is 17.3 Å². The molecule has 196 valence electrons. The van der Waals surface area contributed by atoms with Gasteiger partial charge in [0, 0.05) is 39.1 Å². The van der Waals surface area contributed by atoms with Gasteiger partial charge in [0.1, 0.15) is 0 Å². The summed E-state index contributed by atoms with van der Waals surface area (Å²) in [5.74, 6) is 0.466. The fourth-order valence-electron chi connectivity index (χ4n) is 8.49. The van der Waals surface area contributed by atoms with Crippen LogP contribution in [0.5, 0.6) is 0 Å². The molecule has 10 rings (SSSR count). The zero-order valence-electron chi connectivity index (χ0n) is 22.9. The van der Waals surface area contributed by atoms with E-state index in [2.05, 4.69) is 150 Å². The maximum Gasteiger partial charge on any atom is 0.0757 e. The fourth-order valence-corrected chi connectivity index (χ4v) is 8.49. The lowest BCUT2D eigenvalue weighted by molar-refractivity contribution is 0.498. The molecule has 5 aromatic carbocycles. The van der Waals surface area contributed by atoms with Crippen LogP contribution in [0.15, 0.2) is 133 Å². The molecule has 0 amide bonds. The minimum absolute atomic E-state index is 0.208. The SMILES string of the molecule is C1=c2c(n(-c3ccccc3)c3ccccc23)=CC2C1c1ccccc1C21c2ccccc2-c2nc3ccccc3cc21. The monoisotopic (exact) mass is 534 g/mol. The van der Waals surface area contributed by atoms with Crippen molar-refractivity contribution >= 4 is 34.0 Å². The number of benzene rings is 5. The van der Waals surface area contributed by atoms with Gasteiger partial charge in [0.15, 0.2) is 0 Å². The molecule has 2 aromatic heterocycles. The van der Waals surface area contributed by atoms with Gasteiger partial charge in [0.05, 0.1) is 27.5 Å². The molecule has 0 N–H and O–H groups in total. The van der Waals surface area contributed by atoms with Gasteiger partial charge in [-0.3, -0.25) is 0 Å². The Kier molecular flexibility index (Phi) is 4.26. The highest BCUT2D eigenvalue weighted by Crippen LogP contribution is 2.65. The second-order valence-corrected chi connectivity index (χ2v) is 11.9. The van der Waals surface area contributed by atoms with Crippen LogP contribution in [0, 0.1) is 5.92 Å². The van der Waals surface area contributed by atoms with E-state index < -0.39 is 0 Å². The summed E-state index contributed by atoms with van der Waals surface area (Å²) in [6.07, 6.45) is 5.18. The molecule has 3 atom stereocenters. The van der Waals surface area contributed by atoms with Crippen LogP contribution in [0.1, 0.15) is 28.2 Å². The smallest absolute Gasteiger partial charge is 0.0757 e. The highest BCUT2D eigenvalue weighted by Gasteiger charge is 2.58. The largest absolute Gasteiger partial charge is 0.310 e. The summed E-state index contributed by atoms with van der Waals surface area (Å²) in [5.41, 5.74) is 11.1. The number of rotatable bonds is 1. The highest BCUT2D eigenvalue weighted by molar-refractivity contribution is 5.92. The average Bonchev–Trinajstić information content (AvgIpc) is 3.64. The van der Waals surface area contributed by atoms with Crippen LogP contribution in [0.3, 0.4) is 0 Å². The quantitative estimate of drug-likeness (QED) is 0.214. The van der Waals surface area contributed by atoms with Gasteiger partial charge in [0.25, 0.3) is 0 Å². The second kappa shape index (κ2) is 7.96. The van der Waals surface area contributed by atoms with Crippen LogP contribution in [0.2, 0.25) is 0 Å². The summed E-state index contributed by atoms with van der Waals surface area (Å²) in [6.45, 7) is 0. The fraction of sp³-hybridized carbons (Fsp3) is 0.0750. The first-order valence-corrected chi connectivity index (χ1v) is 14.8. The molecule has 2 heterocycles. The molecule has 0 saturated heterocycles. The predicted molar refractivity (Wildman–Crippen MR) is 171 cm³/mol. The lowest BCUT2D eigenvalue weighted by Gasteiger charge is -2.36. The van der Waals surface area contributed by atoms with E-state index in [0.717, 1.165) is 11.2 Å². The number of fused-ring (bicyclic) bond motifs is 14. The number of pyridine rings is 1. The van der Waals surface area contributed by atoms with E-state index in [1.54, 1.807) is 0 Å². The number of hydrogen-bond donors (Lipinski definition) is 0. The minimum Gasteiger partial charge on any atom is -0.310 e. The minimum atomic E-state index is -0.323. The summed E-state index contributed by atoms with van der Waals surface area (Å²) in [6, 6.07) is 48.9. The first-order chi connectivity index (χ1) is 20.8. The topological polar surface area (TPSA) is 17.8 Å². The van der Waals surface area contributed by atoms with E-state index in [1.807, 2.05) is 0 Å². The molecule has 1 spiro atoms. The van der Waals surface area contributed by atoms with Crippen LogP contribution in [-0.2, 0) is 5.41 Å². The van der Waals surface area contributed by atoms with Crippen molar-refractivity contribution in [3.8, 4) is 16.9 Å². The van der Waals surface area contributed by atoms with E-state index >= 15 is 0 Å². The summed E-state index contributed by atoms with van der Waals surface area (Å²) in [4.78, 5) is 5.34. The molecule has 0 fully saturated rings. The average molecular weight is 535 g/mol. The van der Waals surface area contributed by atoms with E-state index in [0.29, 0.717) is 0 Å². The van der Waals surface area contributed by atoms with Crippen molar-refractivity contribution in [2.75, 3.05) is 0 Å². The van der Waals surface area contributed by atoms with E-state index in [4.69, 9.17) is 4.98 Å². The Morgan fingerprint density at radius 1 is 0.619 bits per heavy atom. The Morgan fingerprint density at radius 3 is 2.29 bits per heavy atom. The van der Waals surface area contributed by atoms with Crippen LogP contribution >= 0.6 is 0 Å². The third-order valence-electron chi connectivity index (χ3n) is 10.0. The van der Waals surface area contributed by atoms with E-state index in [1.165, 1.54) is 60.4 Å². The summed E-state index contributed by atoms with van der Waals surface area (Å²) >= 11 is 0. The van der Waals surface area contributed by atoms with Gasteiger partial charge >= 0.3 is 0 Å². The normalized spacial score (nSPS) is 20.9. The Labute approximate surface area is 243 Å². The van der Waals surface area contributed by atoms with Crippen molar-refractivity contribution in [3.63, 3.8) is 0 Å². The predicted octanol–water partition coefficient (Wildman–Crippen LogP) is 7.48. The molecule has 42 heavy (non-hydrogen) atoms. The lowest BCUT2D eigenvalue weighted by atomic mass is 9.65. The number of hydrogen-bond acceptors (Lipinski definition) is 1. The molecule has 0 radical (unpaired) electrons. The van der Waals surface area contributed by atoms with Gasteiger partial charge in [-0.15, -0.1) is 0 Å². The number of para-hydroxylation sites is 3. The van der Waals surface area contributed by atoms with Gasteiger partial charge in [-0.25, -0.2) is 4.98 Å². The zero-order chi connectivity index (χ0) is 27.4. The van der Waals surface area contributed by atoms with Crippen LogP contribution < -0.4 is 10.6 Å². The molecule has 0 bridgehead atoms. The first-order valence-electron chi connectivity index (χ1n) is 14.8. The third-order valence-corrected chi connectivity index (χ3v) is 10.0.